The van der Waals surface area contributed by atoms with E-state index >= 15 is 0 Å². The third kappa shape index (κ3) is 5.59. The van der Waals surface area contributed by atoms with Crippen molar-refractivity contribution in [3.8, 4) is 5.75 Å². The van der Waals surface area contributed by atoms with E-state index in [1.54, 1.807) is 12.1 Å². The van der Waals surface area contributed by atoms with Crippen molar-refractivity contribution in [1.82, 2.24) is 0 Å². The van der Waals surface area contributed by atoms with Crippen molar-refractivity contribution in [3.05, 3.63) is 58.7 Å². The minimum atomic E-state index is -0.394. The standard InChI is InChI=1S/C24H32O3/c1-6-19(9-12-21-11-8-18(3)24(21,4)5)16-27-23(26)14-10-20-15-17(2)7-13-22(20)25/h7-10,13-15,21,25H,6,11-12,16H2,1-5H3/b14-10+,19-9?. The topological polar surface area (TPSA) is 46.5 Å². The molecule has 1 aliphatic rings. The lowest BCUT2D eigenvalue weighted by atomic mass is 9.76. The van der Waals surface area contributed by atoms with Crippen molar-refractivity contribution in [3.63, 3.8) is 0 Å². The lowest BCUT2D eigenvalue weighted by Gasteiger charge is -2.29. The van der Waals surface area contributed by atoms with E-state index in [0.29, 0.717) is 18.1 Å². The summed E-state index contributed by atoms with van der Waals surface area (Å²) in [5, 5.41) is 9.82. The molecular formula is C24H32O3. The maximum absolute atomic E-state index is 12.0. The van der Waals surface area contributed by atoms with Crippen LogP contribution in [0.5, 0.6) is 5.75 Å². The zero-order chi connectivity index (χ0) is 20.0. The zero-order valence-electron chi connectivity index (χ0n) is 17.2. The van der Waals surface area contributed by atoms with E-state index in [0.717, 1.165) is 30.4 Å². The Balaban J connectivity index is 1.89. The van der Waals surface area contributed by atoms with Crippen molar-refractivity contribution in [1.29, 1.82) is 0 Å². The summed E-state index contributed by atoms with van der Waals surface area (Å²) in [6.45, 7) is 11.2. The number of benzene rings is 1. The number of hydrogen-bond acceptors (Lipinski definition) is 3. The van der Waals surface area contributed by atoms with Gasteiger partial charge in [0.25, 0.3) is 0 Å². The van der Waals surface area contributed by atoms with Gasteiger partial charge >= 0.3 is 5.97 Å². The average molecular weight is 369 g/mol. The quantitative estimate of drug-likeness (QED) is 0.366. The van der Waals surface area contributed by atoms with Crippen LogP contribution in [-0.4, -0.2) is 17.7 Å². The Morgan fingerprint density at radius 2 is 2.07 bits per heavy atom. The van der Waals surface area contributed by atoms with E-state index < -0.39 is 5.97 Å². The Morgan fingerprint density at radius 3 is 2.70 bits per heavy atom. The monoisotopic (exact) mass is 368 g/mol. The van der Waals surface area contributed by atoms with Gasteiger partial charge in [-0.3, -0.25) is 0 Å². The number of phenols is 1. The van der Waals surface area contributed by atoms with Crippen LogP contribution in [0, 0.1) is 18.3 Å². The third-order valence-electron chi connectivity index (χ3n) is 5.87. The van der Waals surface area contributed by atoms with Crippen LogP contribution in [0.4, 0.5) is 0 Å². The Hall–Kier alpha value is -2.29. The molecule has 0 fully saturated rings. The zero-order valence-corrected chi connectivity index (χ0v) is 17.2. The molecule has 146 valence electrons. The molecular weight excluding hydrogens is 336 g/mol. The van der Waals surface area contributed by atoms with Gasteiger partial charge in [-0.25, -0.2) is 4.79 Å². The smallest absolute Gasteiger partial charge is 0.331 e. The first-order valence-electron chi connectivity index (χ1n) is 9.73. The van der Waals surface area contributed by atoms with Crippen molar-refractivity contribution >= 4 is 12.0 Å². The Bertz CT molecular complexity index is 766. The molecule has 1 aliphatic carbocycles. The second kappa shape index (κ2) is 9.07. The number of allylic oxidation sites excluding steroid dienone is 3. The number of hydrogen-bond donors (Lipinski definition) is 1. The average Bonchev–Trinajstić information content (AvgIpc) is 2.89. The Morgan fingerprint density at radius 1 is 1.33 bits per heavy atom. The number of ether oxygens (including phenoxy) is 1. The molecule has 0 radical (unpaired) electrons. The predicted octanol–water partition coefficient (Wildman–Crippen LogP) is 5.98. The van der Waals surface area contributed by atoms with Gasteiger partial charge in [-0.1, -0.05) is 50.1 Å². The number of phenolic OH excluding ortho intramolecular Hbond substituents is 1. The number of esters is 1. The highest BCUT2D eigenvalue weighted by molar-refractivity contribution is 5.87. The van der Waals surface area contributed by atoms with Crippen LogP contribution in [0.25, 0.3) is 6.08 Å². The van der Waals surface area contributed by atoms with Crippen LogP contribution in [0.3, 0.4) is 0 Å². The lowest BCUT2D eigenvalue weighted by molar-refractivity contribution is -0.136. The lowest BCUT2D eigenvalue weighted by Crippen LogP contribution is -2.20. The van der Waals surface area contributed by atoms with E-state index in [-0.39, 0.29) is 11.2 Å². The maximum Gasteiger partial charge on any atom is 0.331 e. The van der Waals surface area contributed by atoms with Crippen molar-refractivity contribution in [2.45, 2.75) is 53.9 Å². The van der Waals surface area contributed by atoms with Gasteiger partial charge in [0.2, 0.25) is 0 Å². The Labute approximate surface area is 163 Å². The molecule has 1 N–H and O–H groups in total. The molecule has 0 saturated heterocycles. The molecule has 0 amide bonds. The van der Waals surface area contributed by atoms with Crippen LogP contribution in [-0.2, 0) is 9.53 Å². The summed E-state index contributed by atoms with van der Waals surface area (Å²) in [5.41, 5.74) is 4.50. The van der Waals surface area contributed by atoms with Crippen LogP contribution >= 0.6 is 0 Å². The Kier molecular flexibility index (Phi) is 7.06. The minimum absolute atomic E-state index is 0.155. The molecule has 0 aromatic heterocycles. The molecule has 0 aliphatic heterocycles. The summed E-state index contributed by atoms with van der Waals surface area (Å²) in [6, 6.07) is 5.28. The highest BCUT2D eigenvalue weighted by Gasteiger charge is 2.33. The van der Waals surface area contributed by atoms with Gasteiger partial charge in [0.15, 0.2) is 0 Å². The first-order valence-corrected chi connectivity index (χ1v) is 9.73. The summed E-state index contributed by atoms with van der Waals surface area (Å²) in [5.74, 6) is 0.370. The number of carbonyl (C=O) groups excluding carboxylic acids is 1. The highest BCUT2D eigenvalue weighted by Crippen LogP contribution is 2.44. The van der Waals surface area contributed by atoms with Crippen LogP contribution in [0.2, 0.25) is 0 Å². The van der Waals surface area contributed by atoms with E-state index in [9.17, 15) is 9.90 Å². The minimum Gasteiger partial charge on any atom is -0.507 e. The van der Waals surface area contributed by atoms with Crippen LogP contribution in [0.1, 0.15) is 58.1 Å². The summed E-state index contributed by atoms with van der Waals surface area (Å²) >= 11 is 0. The fraction of sp³-hybridized carbons (Fsp3) is 0.458. The molecule has 0 saturated carbocycles. The molecule has 0 spiro atoms. The molecule has 2 rings (SSSR count). The fourth-order valence-corrected chi connectivity index (χ4v) is 3.38. The largest absolute Gasteiger partial charge is 0.507 e. The maximum atomic E-state index is 12.0. The molecule has 1 aromatic rings. The molecule has 3 nitrogen and oxygen atoms in total. The van der Waals surface area contributed by atoms with Gasteiger partial charge in [0.1, 0.15) is 12.4 Å². The molecule has 1 unspecified atom stereocenters. The van der Waals surface area contributed by atoms with E-state index in [1.807, 2.05) is 19.1 Å². The molecule has 0 bridgehead atoms. The van der Waals surface area contributed by atoms with Gasteiger partial charge in [-0.05, 0) is 68.2 Å². The first-order chi connectivity index (χ1) is 12.7. The third-order valence-corrected chi connectivity index (χ3v) is 5.87. The summed E-state index contributed by atoms with van der Waals surface area (Å²) in [6.07, 6.45) is 10.5. The molecule has 1 aromatic carbocycles. The van der Waals surface area contributed by atoms with Crippen LogP contribution in [0.15, 0.2) is 47.6 Å². The molecule has 0 heterocycles. The summed E-state index contributed by atoms with van der Waals surface area (Å²) < 4.78 is 5.39. The van der Waals surface area contributed by atoms with Crippen molar-refractivity contribution in [2.75, 3.05) is 6.61 Å². The van der Waals surface area contributed by atoms with Gasteiger partial charge in [-0.2, -0.15) is 0 Å². The highest BCUT2D eigenvalue weighted by atomic mass is 16.5. The first kappa shape index (κ1) is 21.0. The van der Waals surface area contributed by atoms with E-state index in [2.05, 4.69) is 39.8 Å². The fourth-order valence-electron chi connectivity index (χ4n) is 3.38. The molecule has 1 atom stereocenters. The second-order valence-electron chi connectivity index (χ2n) is 8.00. The number of aromatic hydroxyl groups is 1. The van der Waals surface area contributed by atoms with Crippen molar-refractivity contribution < 1.29 is 14.6 Å². The number of aryl methyl sites for hydroxylation is 1. The summed E-state index contributed by atoms with van der Waals surface area (Å²) in [7, 11) is 0. The van der Waals surface area contributed by atoms with Gasteiger partial charge < -0.3 is 9.84 Å². The normalized spacial score (nSPS) is 19.4. The van der Waals surface area contributed by atoms with Crippen LogP contribution < -0.4 is 0 Å². The van der Waals surface area contributed by atoms with Crippen molar-refractivity contribution in [2.24, 2.45) is 11.3 Å². The van der Waals surface area contributed by atoms with E-state index in [1.165, 1.54) is 11.6 Å². The second-order valence-corrected chi connectivity index (χ2v) is 8.00. The molecule has 27 heavy (non-hydrogen) atoms. The van der Waals surface area contributed by atoms with Gasteiger partial charge in [-0.15, -0.1) is 0 Å². The SMILES string of the molecule is CCC(=CCC1CC=C(C)C1(C)C)COC(=O)/C=C/c1cc(C)ccc1O. The van der Waals surface area contributed by atoms with E-state index in [4.69, 9.17) is 4.74 Å². The number of rotatable bonds is 7. The number of carbonyl (C=O) groups is 1. The molecule has 3 heteroatoms. The predicted molar refractivity (Wildman–Crippen MR) is 111 cm³/mol. The summed E-state index contributed by atoms with van der Waals surface area (Å²) in [4.78, 5) is 12.0. The van der Waals surface area contributed by atoms with Gasteiger partial charge in [0.05, 0.1) is 0 Å². The van der Waals surface area contributed by atoms with Gasteiger partial charge in [0, 0.05) is 11.6 Å².